The molecule has 2 rings (SSSR count). The first-order valence-electron chi connectivity index (χ1n) is 6.89. The van der Waals surface area contributed by atoms with E-state index in [9.17, 15) is 5.11 Å². The van der Waals surface area contributed by atoms with Crippen LogP contribution in [0.3, 0.4) is 0 Å². The number of aliphatic hydroxyl groups is 1. The molecule has 1 saturated carbocycles. The average Bonchev–Trinajstić information content (AvgIpc) is 2.45. The smallest absolute Gasteiger partial charge is 0.0718 e. The van der Waals surface area contributed by atoms with Gasteiger partial charge in [0.05, 0.1) is 5.60 Å². The highest BCUT2D eigenvalue weighted by Gasteiger charge is 2.54. The first kappa shape index (κ1) is 12.2. The van der Waals surface area contributed by atoms with E-state index >= 15 is 0 Å². The van der Waals surface area contributed by atoms with Gasteiger partial charge in [0.2, 0.25) is 0 Å². The fraction of sp³-hybridized carbons (Fsp3) is 0.867. The molecule has 1 heteroatoms. The Balaban J connectivity index is 2.20. The van der Waals surface area contributed by atoms with E-state index in [1.54, 1.807) is 0 Å². The lowest BCUT2D eigenvalue weighted by atomic mass is 9.73. The molecule has 0 bridgehead atoms. The van der Waals surface area contributed by atoms with Crippen LogP contribution in [-0.4, -0.2) is 10.7 Å². The molecule has 0 unspecified atom stereocenters. The summed E-state index contributed by atoms with van der Waals surface area (Å²) in [5.74, 6) is 1.11. The van der Waals surface area contributed by atoms with Gasteiger partial charge in [0, 0.05) is 5.92 Å². The Morgan fingerprint density at radius 1 is 1.38 bits per heavy atom. The zero-order chi connectivity index (χ0) is 11.8. The number of rotatable bonds is 3. The molecule has 16 heavy (non-hydrogen) atoms. The minimum atomic E-state index is -0.416. The monoisotopic (exact) mass is 222 g/mol. The number of unbranched alkanes of at least 4 members (excludes halogenated alkanes) is 1. The zero-order valence-corrected chi connectivity index (χ0v) is 11.0. The molecule has 0 aromatic heterocycles. The van der Waals surface area contributed by atoms with Gasteiger partial charge in [-0.2, -0.15) is 0 Å². The Bertz CT molecular complexity index is 279. The van der Waals surface area contributed by atoms with Crippen LogP contribution in [0, 0.1) is 17.3 Å². The molecule has 2 aliphatic rings. The second-order valence-corrected chi connectivity index (χ2v) is 6.51. The molecule has 3 atom stereocenters. The van der Waals surface area contributed by atoms with Gasteiger partial charge in [-0.15, -0.1) is 0 Å². The van der Waals surface area contributed by atoms with Crippen molar-refractivity contribution in [2.45, 2.75) is 64.9 Å². The van der Waals surface area contributed by atoms with E-state index in [1.165, 1.54) is 19.3 Å². The minimum Gasteiger partial charge on any atom is -0.389 e. The number of allylic oxidation sites excluding steroid dienone is 1. The van der Waals surface area contributed by atoms with Crippen molar-refractivity contribution in [2.24, 2.45) is 17.3 Å². The standard InChI is InChI=1S/C15H26O/c1-4-5-10-15(16)11-14(2,3)12-8-6-7-9-13(12)15/h7,9,12-13,16H,4-6,8,10-11H2,1-3H3/t12-,13-,15+/m0/s1. The van der Waals surface area contributed by atoms with E-state index in [0.717, 1.165) is 19.3 Å². The maximum atomic E-state index is 10.9. The molecule has 1 fully saturated rings. The van der Waals surface area contributed by atoms with E-state index in [1.807, 2.05) is 0 Å². The Morgan fingerprint density at radius 2 is 2.12 bits per heavy atom. The predicted molar refractivity (Wildman–Crippen MR) is 68.2 cm³/mol. The second kappa shape index (κ2) is 4.18. The van der Waals surface area contributed by atoms with Crippen LogP contribution in [0.15, 0.2) is 12.2 Å². The summed E-state index contributed by atoms with van der Waals surface area (Å²) in [7, 11) is 0. The molecule has 0 aromatic carbocycles. The Labute approximate surface area is 99.9 Å². The van der Waals surface area contributed by atoms with Crippen molar-refractivity contribution < 1.29 is 5.11 Å². The largest absolute Gasteiger partial charge is 0.389 e. The van der Waals surface area contributed by atoms with Gasteiger partial charge in [0.15, 0.2) is 0 Å². The van der Waals surface area contributed by atoms with Gasteiger partial charge >= 0.3 is 0 Å². The van der Waals surface area contributed by atoms with E-state index < -0.39 is 5.60 Å². The Kier molecular flexibility index (Phi) is 3.18. The van der Waals surface area contributed by atoms with E-state index in [-0.39, 0.29) is 0 Å². The van der Waals surface area contributed by atoms with Crippen molar-refractivity contribution in [1.82, 2.24) is 0 Å². The number of hydrogen-bond acceptors (Lipinski definition) is 1. The van der Waals surface area contributed by atoms with Gasteiger partial charge < -0.3 is 5.11 Å². The third-order valence-electron chi connectivity index (χ3n) is 4.77. The van der Waals surface area contributed by atoms with Crippen LogP contribution in [0.4, 0.5) is 0 Å². The summed E-state index contributed by atoms with van der Waals surface area (Å²) in [4.78, 5) is 0. The van der Waals surface area contributed by atoms with Gasteiger partial charge in [0.1, 0.15) is 0 Å². The lowest BCUT2D eigenvalue weighted by Gasteiger charge is -2.33. The van der Waals surface area contributed by atoms with Crippen molar-refractivity contribution >= 4 is 0 Å². The molecule has 1 N–H and O–H groups in total. The maximum Gasteiger partial charge on any atom is 0.0718 e. The molecule has 0 spiro atoms. The molecule has 0 amide bonds. The normalized spacial score (nSPS) is 41.0. The molecule has 0 aromatic rings. The number of hydrogen-bond donors (Lipinski definition) is 1. The van der Waals surface area contributed by atoms with Gasteiger partial charge in [-0.25, -0.2) is 0 Å². The summed E-state index contributed by atoms with van der Waals surface area (Å²) in [6, 6.07) is 0. The first-order chi connectivity index (χ1) is 7.49. The summed E-state index contributed by atoms with van der Waals surface area (Å²) in [6.07, 6.45) is 11.4. The van der Waals surface area contributed by atoms with Crippen molar-refractivity contribution in [1.29, 1.82) is 0 Å². The van der Waals surface area contributed by atoms with Crippen LogP contribution < -0.4 is 0 Å². The lowest BCUT2D eigenvalue weighted by Crippen LogP contribution is -2.35. The van der Waals surface area contributed by atoms with Crippen LogP contribution in [0.1, 0.15) is 59.3 Å². The Hall–Kier alpha value is -0.300. The summed E-state index contributed by atoms with van der Waals surface area (Å²) in [5, 5.41) is 10.9. The Morgan fingerprint density at radius 3 is 2.81 bits per heavy atom. The van der Waals surface area contributed by atoms with Crippen LogP contribution in [-0.2, 0) is 0 Å². The van der Waals surface area contributed by atoms with E-state index in [2.05, 4.69) is 32.9 Å². The first-order valence-corrected chi connectivity index (χ1v) is 6.89. The van der Waals surface area contributed by atoms with E-state index in [0.29, 0.717) is 17.3 Å². The fourth-order valence-corrected chi connectivity index (χ4v) is 4.04. The molecule has 92 valence electrons. The minimum absolute atomic E-state index is 0.317. The SMILES string of the molecule is CCCC[C@@]1(O)CC(C)(C)[C@H]2CCC=C[C@@H]21. The van der Waals surface area contributed by atoms with Crippen LogP contribution in [0.5, 0.6) is 0 Å². The van der Waals surface area contributed by atoms with Gasteiger partial charge in [-0.1, -0.05) is 45.8 Å². The van der Waals surface area contributed by atoms with Gasteiger partial charge in [-0.3, -0.25) is 0 Å². The second-order valence-electron chi connectivity index (χ2n) is 6.51. The maximum absolute atomic E-state index is 10.9. The molecule has 0 aliphatic heterocycles. The summed E-state index contributed by atoms with van der Waals surface area (Å²) in [5.41, 5.74) is -0.0982. The third kappa shape index (κ3) is 1.95. The van der Waals surface area contributed by atoms with Crippen molar-refractivity contribution in [3.8, 4) is 0 Å². The molecule has 0 radical (unpaired) electrons. The molecular weight excluding hydrogens is 196 g/mol. The van der Waals surface area contributed by atoms with Crippen LogP contribution >= 0.6 is 0 Å². The number of fused-ring (bicyclic) bond motifs is 1. The highest BCUT2D eigenvalue weighted by Crippen LogP contribution is 2.57. The summed E-state index contributed by atoms with van der Waals surface area (Å²) >= 11 is 0. The fourth-order valence-electron chi connectivity index (χ4n) is 4.04. The highest BCUT2D eigenvalue weighted by molar-refractivity contribution is 5.14. The van der Waals surface area contributed by atoms with Crippen LogP contribution in [0.2, 0.25) is 0 Å². The summed E-state index contributed by atoms with van der Waals surface area (Å²) < 4.78 is 0. The highest BCUT2D eigenvalue weighted by atomic mass is 16.3. The lowest BCUT2D eigenvalue weighted by molar-refractivity contribution is -0.00236. The van der Waals surface area contributed by atoms with Gasteiger partial charge in [0.25, 0.3) is 0 Å². The van der Waals surface area contributed by atoms with Crippen molar-refractivity contribution in [2.75, 3.05) is 0 Å². The third-order valence-corrected chi connectivity index (χ3v) is 4.77. The molecular formula is C15H26O. The van der Waals surface area contributed by atoms with Crippen molar-refractivity contribution in [3.63, 3.8) is 0 Å². The van der Waals surface area contributed by atoms with Gasteiger partial charge in [-0.05, 0) is 37.0 Å². The van der Waals surface area contributed by atoms with Crippen molar-refractivity contribution in [3.05, 3.63) is 12.2 Å². The van der Waals surface area contributed by atoms with Crippen LogP contribution in [0.25, 0.3) is 0 Å². The zero-order valence-electron chi connectivity index (χ0n) is 11.0. The summed E-state index contributed by atoms with van der Waals surface area (Å²) in [6.45, 7) is 6.89. The molecule has 0 saturated heterocycles. The van der Waals surface area contributed by atoms with E-state index in [4.69, 9.17) is 0 Å². The molecule has 2 aliphatic carbocycles. The quantitative estimate of drug-likeness (QED) is 0.718. The molecule has 1 nitrogen and oxygen atoms in total. The molecule has 0 heterocycles. The predicted octanol–water partition coefficient (Wildman–Crippen LogP) is 3.92. The topological polar surface area (TPSA) is 20.2 Å². The average molecular weight is 222 g/mol.